The van der Waals surface area contributed by atoms with E-state index in [9.17, 15) is 9.50 Å². The van der Waals surface area contributed by atoms with Crippen LogP contribution in [-0.4, -0.2) is 16.7 Å². The molecule has 1 heterocycles. The van der Waals surface area contributed by atoms with Crippen molar-refractivity contribution in [3.63, 3.8) is 0 Å². The molecule has 0 aliphatic rings. The fraction of sp³-hybridized carbons (Fsp3) is 0.154. The van der Waals surface area contributed by atoms with Crippen molar-refractivity contribution >= 4 is 37.5 Å². The molecule has 0 spiro atoms. The number of nitrogens with zero attached hydrogens (tertiary/aromatic N) is 1. The van der Waals surface area contributed by atoms with Gasteiger partial charge in [-0.15, -0.1) is 0 Å². The van der Waals surface area contributed by atoms with Gasteiger partial charge in [0.1, 0.15) is 5.82 Å². The number of aliphatic hydroxyl groups is 1. The minimum absolute atomic E-state index is 0.120. The van der Waals surface area contributed by atoms with Gasteiger partial charge in [-0.25, -0.2) is 4.39 Å². The molecule has 0 amide bonds. The zero-order valence-electron chi connectivity index (χ0n) is 9.78. The van der Waals surface area contributed by atoms with Crippen LogP contribution in [-0.2, 0) is 0 Å². The van der Waals surface area contributed by atoms with E-state index in [2.05, 4.69) is 42.2 Å². The number of aromatic nitrogens is 1. The molecule has 1 unspecified atom stereocenters. The molecule has 2 N–H and O–H groups in total. The Bertz CT molecular complexity index is 563. The number of halogens is 3. The van der Waals surface area contributed by atoms with Crippen LogP contribution >= 0.6 is 31.9 Å². The summed E-state index contributed by atoms with van der Waals surface area (Å²) < 4.78 is 14.5. The van der Waals surface area contributed by atoms with E-state index < -0.39 is 0 Å². The van der Waals surface area contributed by atoms with Crippen LogP contribution in [0.4, 0.5) is 10.1 Å². The quantitative estimate of drug-likeness (QED) is 0.833. The molecule has 1 aromatic carbocycles. The molecule has 0 fully saturated rings. The van der Waals surface area contributed by atoms with Crippen LogP contribution in [0.5, 0.6) is 0 Å². The summed E-state index contributed by atoms with van der Waals surface area (Å²) in [6.45, 7) is -0.120. The number of nitrogens with one attached hydrogen (secondary N) is 1. The average Bonchev–Trinajstić information content (AvgIpc) is 2.39. The molecule has 2 aromatic rings. The highest BCUT2D eigenvalue weighted by Crippen LogP contribution is 2.27. The lowest BCUT2D eigenvalue weighted by Gasteiger charge is -2.18. The van der Waals surface area contributed by atoms with Crippen LogP contribution in [0.1, 0.15) is 11.7 Å². The molecule has 0 saturated carbocycles. The largest absolute Gasteiger partial charge is 0.394 e. The van der Waals surface area contributed by atoms with Crippen molar-refractivity contribution in [1.82, 2.24) is 4.98 Å². The molecule has 0 aliphatic carbocycles. The third kappa shape index (κ3) is 3.75. The van der Waals surface area contributed by atoms with Crippen molar-refractivity contribution in [2.45, 2.75) is 6.04 Å². The third-order valence-electron chi connectivity index (χ3n) is 2.53. The van der Waals surface area contributed by atoms with Crippen LogP contribution in [0.15, 0.2) is 45.5 Å². The monoisotopic (exact) mass is 388 g/mol. The Labute approximate surface area is 127 Å². The summed E-state index contributed by atoms with van der Waals surface area (Å²) in [5, 5.41) is 12.6. The van der Waals surface area contributed by atoms with Crippen molar-refractivity contribution < 1.29 is 9.50 Å². The van der Waals surface area contributed by atoms with Gasteiger partial charge in [0.2, 0.25) is 0 Å². The summed E-state index contributed by atoms with van der Waals surface area (Å²) >= 11 is 6.73. The topological polar surface area (TPSA) is 45.1 Å². The Kier molecular flexibility index (Phi) is 4.90. The Morgan fingerprint density at radius 2 is 1.95 bits per heavy atom. The minimum Gasteiger partial charge on any atom is -0.394 e. The third-order valence-corrected chi connectivity index (χ3v) is 3.60. The summed E-state index contributed by atoms with van der Waals surface area (Å²) in [6, 6.07) is 7.45. The maximum absolute atomic E-state index is 12.8. The van der Waals surface area contributed by atoms with Crippen molar-refractivity contribution in [2.75, 3.05) is 11.9 Å². The second kappa shape index (κ2) is 6.45. The first-order valence-corrected chi connectivity index (χ1v) is 7.12. The average molecular weight is 390 g/mol. The lowest BCUT2D eigenvalue weighted by atomic mass is 10.2. The molecular weight excluding hydrogens is 379 g/mol. The Balaban J connectivity index is 2.22. The van der Waals surface area contributed by atoms with Gasteiger partial charge in [0, 0.05) is 20.8 Å². The van der Waals surface area contributed by atoms with Gasteiger partial charge in [-0.2, -0.15) is 0 Å². The van der Waals surface area contributed by atoms with Gasteiger partial charge in [0.05, 0.1) is 18.3 Å². The van der Waals surface area contributed by atoms with E-state index in [1.165, 1.54) is 12.1 Å². The molecule has 0 radical (unpaired) electrons. The highest BCUT2D eigenvalue weighted by Gasteiger charge is 2.15. The molecule has 0 saturated heterocycles. The van der Waals surface area contributed by atoms with Crippen molar-refractivity contribution in [3.8, 4) is 0 Å². The van der Waals surface area contributed by atoms with Crippen LogP contribution < -0.4 is 5.32 Å². The molecular formula is C13H11Br2FN2O. The lowest BCUT2D eigenvalue weighted by molar-refractivity contribution is 0.274. The van der Waals surface area contributed by atoms with Crippen molar-refractivity contribution in [3.05, 3.63) is 57.0 Å². The van der Waals surface area contributed by atoms with E-state index in [-0.39, 0.29) is 18.5 Å². The predicted molar refractivity (Wildman–Crippen MR) is 79.5 cm³/mol. The Morgan fingerprint density at radius 3 is 2.53 bits per heavy atom. The summed E-state index contributed by atoms with van der Waals surface area (Å²) in [5.41, 5.74) is 1.41. The van der Waals surface area contributed by atoms with Gasteiger partial charge < -0.3 is 10.4 Å². The standard InChI is InChI=1S/C13H11Br2FN2O/c14-8-5-11(15)13(17-6-8)12(7-19)18-10-3-1-9(16)2-4-10/h1-6,12,18-19H,7H2. The molecule has 3 nitrogen and oxygen atoms in total. The van der Waals surface area contributed by atoms with Crippen molar-refractivity contribution in [2.24, 2.45) is 0 Å². The first-order chi connectivity index (χ1) is 9.10. The van der Waals surface area contributed by atoms with E-state index in [1.807, 2.05) is 6.07 Å². The van der Waals surface area contributed by atoms with Crippen molar-refractivity contribution in [1.29, 1.82) is 0 Å². The summed E-state index contributed by atoms with van der Waals surface area (Å²) in [6.07, 6.45) is 1.66. The number of rotatable bonds is 4. The van der Waals surface area contributed by atoms with E-state index in [0.29, 0.717) is 5.69 Å². The Hall–Kier alpha value is -0.980. The van der Waals surface area contributed by atoms with E-state index in [0.717, 1.165) is 14.6 Å². The lowest BCUT2D eigenvalue weighted by Crippen LogP contribution is -2.16. The number of hydrogen-bond donors (Lipinski definition) is 2. The summed E-state index contributed by atoms with van der Waals surface area (Å²) in [7, 11) is 0. The summed E-state index contributed by atoms with van der Waals surface area (Å²) in [5.74, 6) is -0.297. The molecule has 100 valence electrons. The maximum Gasteiger partial charge on any atom is 0.123 e. The van der Waals surface area contributed by atoms with Crippen LogP contribution in [0.25, 0.3) is 0 Å². The van der Waals surface area contributed by atoms with Crippen LogP contribution in [0.2, 0.25) is 0 Å². The second-order valence-corrected chi connectivity index (χ2v) is 5.68. The van der Waals surface area contributed by atoms with Gasteiger partial charge in [0.25, 0.3) is 0 Å². The number of aliphatic hydroxyl groups excluding tert-OH is 1. The molecule has 1 atom stereocenters. The molecule has 0 bridgehead atoms. The number of anilines is 1. The fourth-order valence-corrected chi connectivity index (χ4v) is 2.89. The van der Waals surface area contributed by atoms with Gasteiger partial charge in [-0.05, 0) is 62.2 Å². The SMILES string of the molecule is OCC(Nc1ccc(F)cc1)c1ncc(Br)cc1Br. The highest BCUT2D eigenvalue weighted by atomic mass is 79.9. The van der Waals surface area contributed by atoms with Gasteiger partial charge >= 0.3 is 0 Å². The zero-order valence-corrected chi connectivity index (χ0v) is 12.9. The molecule has 19 heavy (non-hydrogen) atoms. The predicted octanol–water partition coefficient (Wildman–Crippen LogP) is 3.89. The molecule has 6 heteroatoms. The number of hydrogen-bond acceptors (Lipinski definition) is 3. The molecule has 2 rings (SSSR count). The van der Waals surface area contributed by atoms with Gasteiger partial charge in [-0.3, -0.25) is 4.98 Å². The fourth-order valence-electron chi connectivity index (χ4n) is 1.63. The summed E-state index contributed by atoms with van der Waals surface area (Å²) in [4.78, 5) is 4.27. The number of benzene rings is 1. The Morgan fingerprint density at radius 1 is 1.26 bits per heavy atom. The van der Waals surface area contributed by atoms with Gasteiger partial charge in [-0.1, -0.05) is 0 Å². The van der Waals surface area contributed by atoms with Crippen LogP contribution in [0, 0.1) is 5.82 Å². The first kappa shape index (κ1) is 14.4. The highest BCUT2D eigenvalue weighted by molar-refractivity contribution is 9.11. The smallest absolute Gasteiger partial charge is 0.123 e. The van der Waals surface area contributed by atoms with Crippen LogP contribution in [0.3, 0.4) is 0 Å². The normalized spacial score (nSPS) is 12.2. The van der Waals surface area contributed by atoms with Gasteiger partial charge in [0.15, 0.2) is 0 Å². The second-order valence-electron chi connectivity index (χ2n) is 3.91. The molecule has 1 aromatic heterocycles. The zero-order chi connectivity index (χ0) is 13.8. The minimum atomic E-state index is -0.368. The number of pyridine rings is 1. The maximum atomic E-state index is 12.8. The van der Waals surface area contributed by atoms with E-state index >= 15 is 0 Å². The first-order valence-electron chi connectivity index (χ1n) is 5.54. The molecule has 0 aliphatic heterocycles. The van der Waals surface area contributed by atoms with E-state index in [4.69, 9.17) is 0 Å². The van der Waals surface area contributed by atoms with E-state index in [1.54, 1.807) is 18.3 Å².